The molecule has 130 valence electrons. The number of hydrogen-bond acceptors (Lipinski definition) is 4. The number of benzene rings is 1. The van der Waals surface area contributed by atoms with Gasteiger partial charge in [0.25, 0.3) is 5.56 Å². The summed E-state index contributed by atoms with van der Waals surface area (Å²) in [5.41, 5.74) is 3.07. The predicted molar refractivity (Wildman–Crippen MR) is 97.7 cm³/mol. The highest BCUT2D eigenvalue weighted by atomic mass is 16.1. The van der Waals surface area contributed by atoms with Gasteiger partial charge >= 0.3 is 0 Å². The second-order valence-corrected chi connectivity index (χ2v) is 6.88. The highest BCUT2D eigenvalue weighted by Gasteiger charge is 2.23. The van der Waals surface area contributed by atoms with E-state index in [1.54, 1.807) is 10.9 Å². The van der Waals surface area contributed by atoms with Crippen LogP contribution in [-0.2, 0) is 6.54 Å². The molecule has 1 fully saturated rings. The molecule has 0 aliphatic carbocycles. The number of H-pyrrole nitrogens is 1. The van der Waals surface area contributed by atoms with Gasteiger partial charge in [-0.15, -0.1) is 0 Å². The summed E-state index contributed by atoms with van der Waals surface area (Å²) in [6, 6.07) is 9.66. The molecule has 2 aromatic heterocycles. The van der Waals surface area contributed by atoms with E-state index in [-0.39, 0.29) is 5.56 Å². The molecule has 3 heterocycles. The number of aromatic amines is 1. The van der Waals surface area contributed by atoms with E-state index in [1.165, 1.54) is 12.8 Å². The Balaban J connectivity index is 1.44. The van der Waals surface area contributed by atoms with Crippen LogP contribution in [0.1, 0.15) is 30.1 Å². The van der Waals surface area contributed by atoms with Gasteiger partial charge in [0, 0.05) is 31.2 Å². The van der Waals surface area contributed by atoms with Gasteiger partial charge in [0.15, 0.2) is 0 Å². The molecule has 3 aromatic rings. The number of nitrogens with zero attached hydrogens (tertiary/aromatic N) is 4. The number of hydrogen-bond donors (Lipinski definition) is 1. The lowest BCUT2D eigenvalue weighted by atomic mass is 9.95. The van der Waals surface area contributed by atoms with Gasteiger partial charge in [-0.05, 0) is 44.5 Å². The van der Waals surface area contributed by atoms with Crippen LogP contribution >= 0.6 is 0 Å². The van der Waals surface area contributed by atoms with Crippen molar-refractivity contribution in [1.29, 1.82) is 0 Å². The molecule has 1 aliphatic rings. The Hall–Kier alpha value is -2.47. The molecule has 0 spiro atoms. The van der Waals surface area contributed by atoms with Crippen LogP contribution in [0.5, 0.6) is 0 Å². The molecule has 1 aromatic carbocycles. The second-order valence-electron chi connectivity index (χ2n) is 6.88. The Bertz CT molecular complexity index is 929. The number of para-hydroxylation sites is 1. The van der Waals surface area contributed by atoms with Crippen molar-refractivity contribution in [1.82, 2.24) is 24.6 Å². The first-order chi connectivity index (χ1) is 12.2. The molecule has 1 saturated heterocycles. The lowest BCUT2D eigenvalue weighted by Gasteiger charge is -2.31. The molecule has 4 rings (SSSR count). The molecule has 0 amide bonds. The largest absolute Gasteiger partial charge is 0.301 e. The van der Waals surface area contributed by atoms with Crippen molar-refractivity contribution < 1.29 is 0 Å². The van der Waals surface area contributed by atoms with Crippen molar-refractivity contribution in [2.24, 2.45) is 0 Å². The summed E-state index contributed by atoms with van der Waals surface area (Å²) in [4.78, 5) is 19.4. The van der Waals surface area contributed by atoms with Crippen LogP contribution in [0.3, 0.4) is 0 Å². The van der Waals surface area contributed by atoms with Crippen LogP contribution in [0.15, 0.2) is 41.5 Å². The first-order valence-electron chi connectivity index (χ1n) is 8.89. The van der Waals surface area contributed by atoms with E-state index in [1.807, 2.05) is 31.2 Å². The summed E-state index contributed by atoms with van der Waals surface area (Å²) in [5, 5.41) is 8.15. The molecule has 0 bridgehead atoms. The van der Waals surface area contributed by atoms with E-state index in [0.29, 0.717) is 17.8 Å². The maximum atomic E-state index is 12.6. The zero-order valence-corrected chi connectivity index (χ0v) is 14.5. The minimum absolute atomic E-state index is 0.0436. The zero-order valence-electron chi connectivity index (χ0n) is 14.5. The third-order valence-corrected chi connectivity index (χ3v) is 5.04. The monoisotopic (exact) mass is 337 g/mol. The molecule has 1 atom stereocenters. The van der Waals surface area contributed by atoms with Gasteiger partial charge in [-0.3, -0.25) is 14.5 Å². The first-order valence-corrected chi connectivity index (χ1v) is 8.89. The molecule has 6 nitrogen and oxygen atoms in total. The van der Waals surface area contributed by atoms with Crippen molar-refractivity contribution in [3.05, 3.63) is 58.4 Å². The molecular formula is C19H23N5O. The van der Waals surface area contributed by atoms with Gasteiger partial charge in [0.2, 0.25) is 0 Å². The van der Waals surface area contributed by atoms with Crippen LogP contribution in [0.2, 0.25) is 0 Å². The summed E-state index contributed by atoms with van der Waals surface area (Å²) in [6.45, 7) is 5.65. The highest BCUT2D eigenvalue weighted by Crippen LogP contribution is 2.25. The molecule has 6 heteroatoms. The van der Waals surface area contributed by atoms with E-state index in [4.69, 9.17) is 0 Å². The summed E-state index contributed by atoms with van der Waals surface area (Å²) in [5.74, 6) is 0.477. The number of rotatable bonds is 4. The highest BCUT2D eigenvalue weighted by molar-refractivity contribution is 5.76. The Labute approximate surface area is 146 Å². The van der Waals surface area contributed by atoms with Gasteiger partial charge < -0.3 is 4.90 Å². The molecular weight excluding hydrogens is 314 g/mol. The van der Waals surface area contributed by atoms with Gasteiger partial charge in [0.05, 0.1) is 22.9 Å². The predicted octanol–water partition coefficient (Wildman–Crippen LogP) is 2.31. The van der Waals surface area contributed by atoms with Crippen molar-refractivity contribution in [2.75, 3.05) is 19.6 Å². The number of aromatic nitrogens is 4. The summed E-state index contributed by atoms with van der Waals surface area (Å²) < 4.78 is 1.73. The first kappa shape index (κ1) is 16.0. The van der Waals surface area contributed by atoms with Crippen molar-refractivity contribution >= 4 is 10.9 Å². The lowest BCUT2D eigenvalue weighted by Crippen LogP contribution is -2.38. The van der Waals surface area contributed by atoms with E-state index in [0.717, 1.165) is 36.5 Å². The lowest BCUT2D eigenvalue weighted by molar-refractivity contribution is 0.198. The average Bonchev–Trinajstić information content (AvgIpc) is 3.08. The van der Waals surface area contributed by atoms with Crippen LogP contribution < -0.4 is 5.56 Å². The van der Waals surface area contributed by atoms with Crippen LogP contribution in [0.25, 0.3) is 10.9 Å². The summed E-state index contributed by atoms with van der Waals surface area (Å²) >= 11 is 0. The SMILES string of the molecule is Cc1cc([C@@H]2CCCN(CCn3cnc4ccccc4c3=O)C2)n[nH]1. The molecule has 1 aliphatic heterocycles. The number of likely N-dealkylation sites (tertiary alicyclic amines) is 1. The normalized spacial score (nSPS) is 18.7. The van der Waals surface area contributed by atoms with Crippen molar-refractivity contribution in [2.45, 2.75) is 32.2 Å². The fourth-order valence-corrected chi connectivity index (χ4v) is 3.66. The van der Waals surface area contributed by atoms with Gasteiger partial charge in [-0.2, -0.15) is 5.10 Å². The standard InChI is InChI=1S/C19H23N5O/c1-14-11-18(22-21-14)15-5-4-8-23(12-15)9-10-24-13-20-17-7-3-2-6-16(17)19(24)25/h2-3,6-7,11,13,15H,4-5,8-10,12H2,1H3,(H,21,22)/t15-/m1/s1. The van der Waals surface area contributed by atoms with Crippen molar-refractivity contribution in [3.8, 4) is 0 Å². The van der Waals surface area contributed by atoms with Crippen LogP contribution in [-0.4, -0.2) is 44.3 Å². The average molecular weight is 337 g/mol. The minimum atomic E-state index is 0.0436. The summed E-state index contributed by atoms with van der Waals surface area (Å²) in [7, 11) is 0. The Morgan fingerprint density at radius 1 is 1.28 bits per heavy atom. The van der Waals surface area contributed by atoms with Gasteiger partial charge in [0.1, 0.15) is 0 Å². The molecule has 0 unspecified atom stereocenters. The van der Waals surface area contributed by atoms with E-state index in [9.17, 15) is 4.79 Å². The molecule has 25 heavy (non-hydrogen) atoms. The Kier molecular flexibility index (Phi) is 4.36. The summed E-state index contributed by atoms with van der Waals surface area (Å²) in [6.07, 6.45) is 4.02. The zero-order chi connectivity index (χ0) is 17.2. The molecule has 0 radical (unpaired) electrons. The third-order valence-electron chi connectivity index (χ3n) is 5.04. The third kappa shape index (κ3) is 3.35. The van der Waals surface area contributed by atoms with E-state index < -0.39 is 0 Å². The van der Waals surface area contributed by atoms with Crippen LogP contribution in [0, 0.1) is 6.92 Å². The number of nitrogens with one attached hydrogen (secondary N) is 1. The fraction of sp³-hybridized carbons (Fsp3) is 0.421. The number of fused-ring (bicyclic) bond motifs is 1. The van der Waals surface area contributed by atoms with Crippen LogP contribution in [0.4, 0.5) is 0 Å². The maximum Gasteiger partial charge on any atom is 0.261 e. The maximum absolute atomic E-state index is 12.6. The van der Waals surface area contributed by atoms with Gasteiger partial charge in [-0.25, -0.2) is 4.98 Å². The number of aryl methyl sites for hydroxylation is 1. The molecule has 1 N–H and O–H groups in total. The second kappa shape index (κ2) is 6.80. The number of piperidine rings is 1. The minimum Gasteiger partial charge on any atom is -0.301 e. The van der Waals surface area contributed by atoms with E-state index >= 15 is 0 Å². The smallest absolute Gasteiger partial charge is 0.261 e. The topological polar surface area (TPSA) is 66.8 Å². The Morgan fingerprint density at radius 2 is 2.16 bits per heavy atom. The van der Waals surface area contributed by atoms with Gasteiger partial charge in [-0.1, -0.05) is 12.1 Å². The fourth-order valence-electron chi connectivity index (χ4n) is 3.66. The quantitative estimate of drug-likeness (QED) is 0.793. The molecule has 0 saturated carbocycles. The van der Waals surface area contributed by atoms with Crippen molar-refractivity contribution in [3.63, 3.8) is 0 Å². The van der Waals surface area contributed by atoms with E-state index in [2.05, 4.69) is 26.1 Å². The Morgan fingerprint density at radius 3 is 3.00 bits per heavy atom.